The van der Waals surface area contributed by atoms with Crippen LogP contribution in [0.3, 0.4) is 0 Å². The molecule has 0 radical (unpaired) electrons. The van der Waals surface area contributed by atoms with E-state index in [9.17, 15) is 27.6 Å². The van der Waals surface area contributed by atoms with Crippen molar-refractivity contribution in [1.29, 1.82) is 0 Å². The van der Waals surface area contributed by atoms with Crippen molar-refractivity contribution in [3.8, 4) is 11.5 Å². The summed E-state index contributed by atoms with van der Waals surface area (Å²) < 4.78 is 61.6. The zero-order chi connectivity index (χ0) is 39.4. The number of nitrogens with one attached hydrogen (secondary N) is 2. The van der Waals surface area contributed by atoms with Crippen molar-refractivity contribution in [3.05, 3.63) is 41.6 Å². The fourth-order valence-electron chi connectivity index (χ4n) is 9.30. The van der Waals surface area contributed by atoms with Gasteiger partial charge in [-0.05, 0) is 83.4 Å². The number of allylic oxidation sites excluding steroid dienone is 1. The first kappa shape index (κ1) is 37.1. The first-order chi connectivity index (χ1) is 26.7. The van der Waals surface area contributed by atoms with Crippen molar-refractivity contribution in [2.24, 2.45) is 5.92 Å². The van der Waals surface area contributed by atoms with Crippen molar-refractivity contribution >= 4 is 44.7 Å². The summed E-state index contributed by atoms with van der Waals surface area (Å²) >= 11 is 0. The molecule has 1 aromatic heterocycles. The number of hydrogen-bond acceptors (Lipinski definition) is 10. The van der Waals surface area contributed by atoms with Crippen LogP contribution in [0.5, 0.6) is 11.5 Å². The number of alkyl halides is 1. The van der Waals surface area contributed by atoms with E-state index in [0.717, 1.165) is 30.0 Å². The second-order valence-corrected chi connectivity index (χ2v) is 19.1. The second-order valence-electron chi connectivity index (χ2n) is 17.0. The number of rotatable bonds is 5. The van der Waals surface area contributed by atoms with Crippen LogP contribution < -0.4 is 20.1 Å². The SMILES string of the molecule is COc1ccc2nc(C3CC3)c3c(c2c1)[C@H](F)C[C@]1(C[C@H]2C(=O)N[C@]4(C(=O)N5C6(CC6)S5(=O)=O)C[C@H]4/C=C\CCCCC[C@H](NC(=O)OC(C)C)C(=O)N2C1)O3. The summed E-state index contributed by atoms with van der Waals surface area (Å²) in [6.07, 6.45) is 6.48. The van der Waals surface area contributed by atoms with E-state index in [1.807, 2.05) is 12.2 Å². The Morgan fingerprint density at radius 3 is 2.57 bits per heavy atom. The van der Waals surface area contributed by atoms with Crippen LogP contribution >= 0.6 is 0 Å². The number of amides is 4. The molecule has 7 aliphatic rings. The summed E-state index contributed by atoms with van der Waals surface area (Å²) in [6.45, 7) is 3.22. The number of carbonyl (C=O) groups is 4. The first-order valence-corrected chi connectivity index (χ1v) is 21.4. The summed E-state index contributed by atoms with van der Waals surface area (Å²) in [4.78, 5) is 61.7. The Bertz CT molecular complexity index is 2170. The number of methoxy groups -OCH3 is 1. The molecule has 5 fully saturated rings. The zero-order valence-electron chi connectivity index (χ0n) is 31.8. The maximum atomic E-state index is 17.0. The molecule has 5 heterocycles. The first-order valence-electron chi connectivity index (χ1n) is 19.9. The lowest BCUT2D eigenvalue weighted by Crippen LogP contribution is -2.57. The molecule has 2 spiro atoms. The smallest absolute Gasteiger partial charge is 0.408 e. The van der Waals surface area contributed by atoms with Crippen molar-refractivity contribution in [2.75, 3.05) is 13.7 Å². The van der Waals surface area contributed by atoms with Crippen molar-refractivity contribution in [1.82, 2.24) is 24.8 Å². The van der Waals surface area contributed by atoms with E-state index in [4.69, 9.17) is 19.2 Å². The van der Waals surface area contributed by atoms with Gasteiger partial charge in [-0.3, -0.25) is 14.4 Å². The summed E-state index contributed by atoms with van der Waals surface area (Å²) in [5.74, 6) is -1.41. The Hall–Kier alpha value is -4.47. The molecule has 56 heavy (non-hydrogen) atoms. The number of carbonyl (C=O) groups excluding carboxylic acids is 4. The van der Waals surface area contributed by atoms with Gasteiger partial charge in [0.15, 0.2) is 4.87 Å². The van der Waals surface area contributed by atoms with Gasteiger partial charge in [0.05, 0.1) is 31.0 Å². The minimum absolute atomic E-state index is 0.0733. The van der Waals surface area contributed by atoms with E-state index >= 15 is 4.39 Å². The average molecular weight is 794 g/mol. The van der Waals surface area contributed by atoms with Crippen LogP contribution in [-0.4, -0.2) is 94.3 Å². The predicted octanol–water partition coefficient (Wildman–Crippen LogP) is 4.81. The van der Waals surface area contributed by atoms with E-state index < -0.39 is 80.1 Å². The number of pyridine rings is 1. The number of sulfonamides is 1. The Kier molecular flexibility index (Phi) is 8.64. The predicted molar refractivity (Wildman–Crippen MR) is 200 cm³/mol. The van der Waals surface area contributed by atoms with Gasteiger partial charge in [0.2, 0.25) is 11.8 Å². The topological polar surface area (TPSA) is 173 Å². The standard InChI is InChI=1S/C40H48FN5O9S/c1-22(2)54-37(50)43-29-10-8-6-4-5-7-9-24-18-40(24,36(49)46-39(15-16-39)56(46,51)52)44-34(47)30-20-38(21-45(30)35(29)48)19-27(41)31-26-17-25(53-3)13-14-28(26)42-32(23-11-12-23)33(31)55-38/h7,9,13-14,17,22-24,27,29-30H,4-6,8,10-12,15-16,18-21H2,1-3H3,(H,43,50)(H,44,47)/b9-7-/t24-,27-,29+,30+,38-,40-,46?/m1/s1. The van der Waals surface area contributed by atoms with Gasteiger partial charge in [-0.1, -0.05) is 25.0 Å². The molecule has 4 amide bonds. The zero-order valence-corrected chi connectivity index (χ0v) is 32.7. The summed E-state index contributed by atoms with van der Waals surface area (Å²) in [5.41, 5.74) is -1.25. The second kappa shape index (κ2) is 13.0. The van der Waals surface area contributed by atoms with E-state index in [-0.39, 0.29) is 38.1 Å². The molecule has 2 N–H and O–H groups in total. The molecule has 9 rings (SSSR count). The maximum Gasteiger partial charge on any atom is 0.408 e. The fraction of sp³-hybridized carbons (Fsp3) is 0.625. The molecular weight excluding hydrogens is 746 g/mol. The van der Waals surface area contributed by atoms with Crippen LogP contribution in [0.2, 0.25) is 0 Å². The number of aromatic nitrogens is 1. The number of halogens is 1. The normalized spacial score (nSPS) is 33.3. The number of benzene rings is 1. The lowest BCUT2D eigenvalue weighted by atomic mass is 9.85. The monoisotopic (exact) mass is 793 g/mol. The molecule has 2 saturated heterocycles. The molecule has 2 aromatic rings. The number of hydrogen-bond donors (Lipinski definition) is 2. The van der Waals surface area contributed by atoms with Gasteiger partial charge in [-0.2, -0.15) is 0 Å². The highest BCUT2D eigenvalue weighted by atomic mass is 32.2. The third-order valence-corrected chi connectivity index (χ3v) is 15.0. The quantitative estimate of drug-likeness (QED) is 0.316. The molecule has 3 aliphatic carbocycles. The highest BCUT2D eigenvalue weighted by molar-refractivity contribution is 7.98. The minimum atomic E-state index is -3.79. The average Bonchev–Trinajstić information content (AvgIpc) is 4.03. The highest BCUT2D eigenvalue weighted by Crippen LogP contribution is 2.65. The Labute approximate surface area is 324 Å². The molecule has 0 bridgehead atoms. The lowest BCUT2D eigenvalue weighted by Gasteiger charge is -2.38. The Morgan fingerprint density at radius 2 is 1.88 bits per heavy atom. The van der Waals surface area contributed by atoms with Crippen LogP contribution in [0.4, 0.5) is 9.18 Å². The van der Waals surface area contributed by atoms with Gasteiger partial charge in [-0.25, -0.2) is 26.9 Å². The van der Waals surface area contributed by atoms with Crippen molar-refractivity contribution in [3.63, 3.8) is 0 Å². The number of ether oxygens (including phenoxy) is 3. The third kappa shape index (κ3) is 5.99. The van der Waals surface area contributed by atoms with Crippen LogP contribution in [0.25, 0.3) is 10.9 Å². The van der Waals surface area contributed by atoms with E-state index in [1.165, 1.54) is 12.0 Å². The van der Waals surface area contributed by atoms with Crippen molar-refractivity contribution < 1.29 is 46.2 Å². The van der Waals surface area contributed by atoms with Gasteiger partial charge in [0.25, 0.3) is 15.9 Å². The number of nitrogens with zero attached hydrogens (tertiary/aromatic N) is 3. The molecule has 1 aromatic carbocycles. The fourth-order valence-corrected chi connectivity index (χ4v) is 11.4. The molecule has 16 heteroatoms. The van der Waals surface area contributed by atoms with Gasteiger partial charge >= 0.3 is 6.09 Å². The molecule has 4 aliphatic heterocycles. The van der Waals surface area contributed by atoms with E-state index in [1.54, 1.807) is 32.0 Å². The summed E-state index contributed by atoms with van der Waals surface area (Å²) in [6, 6.07) is 3.03. The largest absolute Gasteiger partial charge is 0.497 e. The Balaban J connectivity index is 1.10. The van der Waals surface area contributed by atoms with Crippen LogP contribution in [0, 0.1) is 5.92 Å². The lowest BCUT2D eigenvalue weighted by molar-refractivity contribution is -0.141. The molecule has 3 saturated carbocycles. The molecule has 300 valence electrons. The van der Waals surface area contributed by atoms with Gasteiger partial charge in [0, 0.05) is 35.6 Å². The molecule has 6 atom stereocenters. The molecule has 0 unspecified atom stereocenters. The van der Waals surface area contributed by atoms with E-state index in [0.29, 0.717) is 59.3 Å². The van der Waals surface area contributed by atoms with Gasteiger partial charge in [0.1, 0.15) is 40.9 Å². The van der Waals surface area contributed by atoms with Crippen LogP contribution in [0.1, 0.15) is 114 Å². The van der Waals surface area contributed by atoms with E-state index in [2.05, 4.69) is 10.6 Å². The summed E-state index contributed by atoms with van der Waals surface area (Å²) in [7, 11) is -2.25. The third-order valence-electron chi connectivity index (χ3n) is 12.7. The van der Waals surface area contributed by atoms with Crippen molar-refractivity contribution in [2.45, 2.75) is 137 Å². The minimum Gasteiger partial charge on any atom is -0.497 e. The molecule has 14 nitrogen and oxygen atoms in total. The van der Waals surface area contributed by atoms with Gasteiger partial charge < -0.3 is 29.7 Å². The summed E-state index contributed by atoms with van der Waals surface area (Å²) in [5, 5.41) is 6.23. The number of alkyl carbamates (subject to hydrolysis) is 1. The Morgan fingerprint density at radius 1 is 1.09 bits per heavy atom. The highest BCUT2D eigenvalue weighted by Gasteiger charge is 2.83. The number of fused-ring (bicyclic) bond motifs is 5. The van der Waals surface area contributed by atoms with Crippen LogP contribution in [0.15, 0.2) is 30.4 Å². The maximum absolute atomic E-state index is 17.0. The van der Waals surface area contributed by atoms with Gasteiger partial charge in [-0.15, -0.1) is 0 Å². The van der Waals surface area contributed by atoms with Crippen LogP contribution in [-0.2, 0) is 29.1 Å². The molecular formula is C40H48FN5O9S.